The topological polar surface area (TPSA) is 93.7 Å². The van der Waals surface area contributed by atoms with Crippen LogP contribution < -0.4 is 19.5 Å². The molecule has 190 valence electrons. The molecule has 0 fully saturated rings. The van der Waals surface area contributed by atoms with Crippen molar-refractivity contribution in [2.45, 2.75) is 18.7 Å². The molecule has 0 aliphatic rings. The molecule has 2 N–H and O–H groups in total. The predicted octanol–water partition coefficient (Wildman–Crippen LogP) is 5.81. The highest BCUT2D eigenvalue weighted by Gasteiger charge is 2.15. The van der Waals surface area contributed by atoms with Crippen LogP contribution in [-0.4, -0.2) is 27.5 Å². The minimum absolute atomic E-state index is 0.0986. The van der Waals surface area contributed by atoms with Crippen molar-refractivity contribution in [2.24, 2.45) is 0 Å². The third kappa shape index (κ3) is 7.11. The molecule has 0 unspecified atom stereocenters. The van der Waals surface area contributed by atoms with E-state index in [0.29, 0.717) is 35.9 Å². The summed E-state index contributed by atoms with van der Waals surface area (Å²) in [4.78, 5) is 12.7. The van der Waals surface area contributed by atoms with Crippen molar-refractivity contribution in [3.05, 3.63) is 114 Å². The summed E-state index contributed by atoms with van der Waals surface area (Å²) >= 11 is 0. The molecule has 4 rings (SSSR count). The van der Waals surface area contributed by atoms with E-state index in [2.05, 4.69) is 10.0 Å². The van der Waals surface area contributed by atoms with Gasteiger partial charge in [-0.15, -0.1) is 0 Å². The monoisotopic (exact) mass is 516 g/mol. The maximum absolute atomic E-state index is 12.7. The maximum atomic E-state index is 12.7. The molecule has 4 aromatic rings. The van der Waals surface area contributed by atoms with E-state index in [1.807, 2.05) is 50.2 Å². The van der Waals surface area contributed by atoms with Crippen LogP contribution in [0.4, 0.5) is 11.4 Å². The summed E-state index contributed by atoms with van der Waals surface area (Å²) in [7, 11) is -3.76. The third-order valence-corrected chi connectivity index (χ3v) is 7.06. The van der Waals surface area contributed by atoms with Gasteiger partial charge in [0.05, 0.1) is 4.90 Å². The number of para-hydroxylation sites is 1. The van der Waals surface area contributed by atoms with Gasteiger partial charge in [0.25, 0.3) is 15.9 Å². The largest absolute Gasteiger partial charge is 0.490 e. The van der Waals surface area contributed by atoms with Crippen LogP contribution in [0.5, 0.6) is 11.5 Å². The Labute approximate surface area is 217 Å². The fraction of sp³-hybridized carbons (Fsp3) is 0.138. The van der Waals surface area contributed by atoms with Gasteiger partial charge in [0.15, 0.2) is 0 Å². The summed E-state index contributed by atoms with van der Waals surface area (Å²) in [6.45, 7) is 4.66. The third-order valence-electron chi connectivity index (χ3n) is 5.66. The zero-order valence-corrected chi connectivity index (χ0v) is 21.4. The number of hydrogen-bond acceptors (Lipinski definition) is 5. The quantitative estimate of drug-likeness (QED) is 0.259. The summed E-state index contributed by atoms with van der Waals surface area (Å²) in [5.41, 5.74) is 3.50. The van der Waals surface area contributed by atoms with Crippen LogP contribution in [0.15, 0.2) is 102 Å². The zero-order chi connectivity index (χ0) is 26.3. The van der Waals surface area contributed by atoms with Crippen molar-refractivity contribution >= 4 is 27.3 Å². The van der Waals surface area contributed by atoms with Gasteiger partial charge in [-0.1, -0.05) is 24.3 Å². The Morgan fingerprint density at radius 1 is 0.703 bits per heavy atom. The number of hydrogen-bond donors (Lipinski definition) is 2. The fourth-order valence-corrected chi connectivity index (χ4v) is 4.53. The van der Waals surface area contributed by atoms with Crippen molar-refractivity contribution in [1.82, 2.24) is 0 Å². The highest BCUT2D eigenvalue weighted by molar-refractivity contribution is 7.92. The lowest BCUT2D eigenvalue weighted by atomic mass is 10.1. The summed E-state index contributed by atoms with van der Waals surface area (Å²) in [5.74, 6) is 1.09. The maximum Gasteiger partial charge on any atom is 0.261 e. The van der Waals surface area contributed by atoms with E-state index in [0.717, 1.165) is 16.9 Å². The van der Waals surface area contributed by atoms with Crippen molar-refractivity contribution in [3.8, 4) is 11.5 Å². The molecule has 0 bridgehead atoms. The standard InChI is InChI=1S/C29H28N2O5S/c1-21-8-11-25(20-22(21)2)31-37(33,34)28-16-12-24(13-17-28)30-29(32)23-9-14-27(15-10-23)36-19-18-35-26-6-4-3-5-7-26/h3-17,20,31H,18-19H2,1-2H3,(H,30,32). The second-order valence-electron chi connectivity index (χ2n) is 8.42. The molecular weight excluding hydrogens is 488 g/mol. The molecule has 0 saturated heterocycles. The summed E-state index contributed by atoms with van der Waals surface area (Å²) in [6, 6.07) is 27.6. The van der Waals surface area contributed by atoms with Crippen molar-refractivity contribution in [1.29, 1.82) is 0 Å². The molecule has 0 saturated carbocycles. The Morgan fingerprint density at radius 2 is 1.30 bits per heavy atom. The second kappa shape index (κ2) is 11.6. The van der Waals surface area contributed by atoms with Gasteiger partial charge in [-0.25, -0.2) is 8.42 Å². The molecule has 4 aromatic carbocycles. The van der Waals surface area contributed by atoms with Gasteiger partial charge in [-0.05, 0) is 97.8 Å². The smallest absolute Gasteiger partial charge is 0.261 e. The molecule has 0 heterocycles. The molecule has 7 nitrogen and oxygen atoms in total. The number of carbonyl (C=O) groups is 1. The van der Waals surface area contributed by atoms with E-state index in [1.165, 1.54) is 12.1 Å². The highest BCUT2D eigenvalue weighted by Crippen LogP contribution is 2.21. The number of carbonyl (C=O) groups excluding carboxylic acids is 1. The minimum Gasteiger partial charge on any atom is -0.490 e. The van der Waals surface area contributed by atoms with Gasteiger partial charge in [0.1, 0.15) is 24.7 Å². The Morgan fingerprint density at radius 3 is 1.92 bits per heavy atom. The van der Waals surface area contributed by atoms with Gasteiger partial charge in [0, 0.05) is 16.9 Å². The van der Waals surface area contributed by atoms with E-state index in [-0.39, 0.29) is 10.8 Å². The Kier molecular flexibility index (Phi) is 8.10. The SMILES string of the molecule is Cc1ccc(NS(=O)(=O)c2ccc(NC(=O)c3ccc(OCCOc4ccccc4)cc3)cc2)cc1C. The van der Waals surface area contributed by atoms with E-state index >= 15 is 0 Å². The van der Waals surface area contributed by atoms with Crippen LogP contribution in [-0.2, 0) is 10.0 Å². The normalized spacial score (nSPS) is 11.0. The Balaban J connectivity index is 1.29. The van der Waals surface area contributed by atoms with E-state index in [9.17, 15) is 13.2 Å². The van der Waals surface area contributed by atoms with E-state index in [1.54, 1.807) is 48.5 Å². The fourth-order valence-electron chi connectivity index (χ4n) is 3.48. The first-order valence-electron chi connectivity index (χ1n) is 11.7. The molecular formula is C29H28N2O5S. The number of sulfonamides is 1. The van der Waals surface area contributed by atoms with Gasteiger partial charge >= 0.3 is 0 Å². The van der Waals surface area contributed by atoms with Gasteiger partial charge in [-0.2, -0.15) is 0 Å². The Bertz CT molecular complexity index is 1450. The number of anilines is 2. The lowest BCUT2D eigenvalue weighted by Crippen LogP contribution is -2.14. The molecule has 37 heavy (non-hydrogen) atoms. The average molecular weight is 517 g/mol. The van der Waals surface area contributed by atoms with Gasteiger partial charge in [-0.3, -0.25) is 9.52 Å². The summed E-state index contributed by atoms with van der Waals surface area (Å²) < 4.78 is 39.3. The summed E-state index contributed by atoms with van der Waals surface area (Å²) in [6.07, 6.45) is 0. The molecule has 0 aliphatic carbocycles. The number of aryl methyl sites for hydroxylation is 2. The van der Waals surface area contributed by atoms with Crippen LogP contribution in [0, 0.1) is 13.8 Å². The van der Waals surface area contributed by atoms with Crippen LogP contribution in [0.2, 0.25) is 0 Å². The molecule has 0 radical (unpaired) electrons. The number of amides is 1. The average Bonchev–Trinajstić information content (AvgIpc) is 2.90. The zero-order valence-electron chi connectivity index (χ0n) is 20.6. The number of ether oxygens (including phenoxy) is 2. The molecule has 0 aliphatic heterocycles. The first-order valence-corrected chi connectivity index (χ1v) is 13.2. The van der Waals surface area contributed by atoms with Crippen LogP contribution in [0.1, 0.15) is 21.5 Å². The van der Waals surface area contributed by atoms with Crippen molar-refractivity contribution in [3.63, 3.8) is 0 Å². The minimum atomic E-state index is -3.76. The molecule has 0 spiro atoms. The van der Waals surface area contributed by atoms with Crippen LogP contribution in [0.25, 0.3) is 0 Å². The number of nitrogens with one attached hydrogen (secondary N) is 2. The first-order chi connectivity index (χ1) is 17.8. The van der Waals surface area contributed by atoms with Gasteiger partial charge in [0.2, 0.25) is 0 Å². The van der Waals surface area contributed by atoms with Crippen LogP contribution >= 0.6 is 0 Å². The number of benzene rings is 4. The predicted molar refractivity (Wildman–Crippen MR) is 145 cm³/mol. The van der Waals surface area contributed by atoms with Crippen molar-refractivity contribution in [2.75, 3.05) is 23.3 Å². The van der Waals surface area contributed by atoms with Gasteiger partial charge < -0.3 is 14.8 Å². The van der Waals surface area contributed by atoms with Crippen molar-refractivity contribution < 1.29 is 22.7 Å². The molecule has 0 aromatic heterocycles. The van der Waals surface area contributed by atoms with E-state index < -0.39 is 10.0 Å². The van der Waals surface area contributed by atoms with Crippen LogP contribution in [0.3, 0.4) is 0 Å². The lowest BCUT2D eigenvalue weighted by molar-refractivity contribution is 0.102. The molecule has 0 atom stereocenters. The first kappa shape index (κ1) is 25.8. The highest BCUT2D eigenvalue weighted by atomic mass is 32.2. The second-order valence-corrected chi connectivity index (χ2v) is 10.1. The lowest BCUT2D eigenvalue weighted by Gasteiger charge is -2.11. The van der Waals surface area contributed by atoms with E-state index in [4.69, 9.17) is 9.47 Å². The summed E-state index contributed by atoms with van der Waals surface area (Å²) in [5, 5.41) is 2.78. The molecule has 1 amide bonds. The Hall–Kier alpha value is -4.30. The molecule has 8 heteroatoms. The number of rotatable bonds is 10.